The Hall–Kier alpha value is -2.09. The molecule has 1 amide bonds. The molecule has 0 N–H and O–H groups in total. The molecule has 0 spiro atoms. The molecule has 2 aromatic rings. The van der Waals surface area contributed by atoms with E-state index < -0.39 is 18.2 Å². The quantitative estimate of drug-likeness (QED) is 0.795. The lowest BCUT2D eigenvalue weighted by molar-refractivity contribution is -0.114. The summed E-state index contributed by atoms with van der Waals surface area (Å²) >= 11 is 3.22. The molecule has 21 heavy (non-hydrogen) atoms. The number of amides is 1. The Kier molecular flexibility index (Phi) is 3.32. The predicted molar refractivity (Wildman–Crippen MR) is 73.1 cm³/mol. The van der Waals surface area contributed by atoms with Crippen LogP contribution in [0.1, 0.15) is 22.7 Å². The smallest absolute Gasteiger partial charge is 0.297 e. The van der Waals surface area contributed by atoms with Crippen LogP contribution < -0.4 is 4.90 Å². The number of halogens is 3. The maximum Gasteiger partial charge on any atom is 0.319 e. The molecule has 0 saturated carbocycles. The number of carbonyl (C=O) groups is 2. The Morgan fingerprint density at radius 2 is 2.05 bits per heavy atom. The van der Waals surface area contributed by atoms with Gasteiger partial charge in [0.2, 0.25) is 0 Å². The van der Waals surface area contributed by atoms with Crippen molar-refractivity contribution in [1.29, 1.82) is 0 Å². The standard InChI is InChI=1S/C13H8BrF2N3O2/c14-7-2-1-3-8-10(7)11(20)12(21)19(8)6-9-17-4-5-18(9)13(15)16/h1-5,13H,6H2. The van der Waals surface area contributed by atoms with E-state index in [1.165, 1.54) is 6.20 Å². The number of imidazole rings is 1. The molecule has 1 aromatic carbocycles. The molecule has 108 valence electrons. The van der Waals surface area contributed by atoms with Gasteiger partial charge in [-0.2, -0.15) is 8.78 Å². The Labute approximate surface area is 126 Å². The maximum atomic E-state index is 12.8. The fourth-order valence-electron chi connectivity index (χ4n) is 2.24. The zero-order valence-corrected chi connectivity index (χ0v) is 12.0. The zero-order valence-electron chi connectivity index (χ0n) is 10.5. The highest BCUT2D eigenvalue weighted by Crippen LogP contribution is 2.35. The molecule has 0 aliphatic carbocycles. The number of alkyl halides is 2. The summed E-state index contributed by atoms with van der Waals surface area (Å²) in [5.41, 5.74) is 0.640. The molecular weight excluding hydrogens is 348 g/mol. The molecule has 1 aromatic heterocycles. The van der Waals surface area contributed by atoms with Gasteiger partial charge in [-0.15, -0.1) is 0 Å². The van der Waals surface area contributed by atoms with Crippen LogP contribution in [0.3, 0.4) is 0 Å². The first-order valence-corrected chi connectivity index (χ1v) is 6.74. The number of hydrogen-bond donors (Lipinski definition) is 0. The second kappa shape index (κ2) is 5.03. The van der Waals surface area contributed by atoms with E-state index in [0.717, 1.165) is 11.1 Å². The van der Waals surface area contributed by atoms with Crippen LogP contribution in [0.15, 0.2) is 35.1 Å². The molecule has 0 fully saturated rings. The number of nitrogens with zero attached hydrogens (tertiary/aromatic N) is 3. The number of carbonyl (C=O) groups excluding carboxylic acids is 2. The first kappa shape index (κ1) is 13.9. The highest BCUT2D eigenvalue weighted by atomic mass is 79.9. The minimum Gasteiger partial charge on any atom is -0.297 e. The van der Waals surface area contributed by atoms with Gasteiger partial charge >= 0.3 is 6.55 Å². The van der Waals surface area contributed by atoms with E-state index in [0.29, 0.717) is 14.7 Å². The number of hydrogen-bond acceptors (Lipinski definition) is 3. The van der Waals surface area contributed by atoms with Crippen LogP contribution in [-0.2, 0) is 11.3 Å². The number of Topliss-reactive ketones (excluding diaryl/α,β-unsaturated/α-hetero) is 1. The number of benzene rings is 1. The van der Waals surface area contributed by atoms with Gasteiger partial charge < -0.3 is 0 Å². The van der Waals surface area contributed by atoms with Crippen molar-refractivity contribution in [2.45, 2.75) is 13.1 Å². The number of anilines is 1. The summed E-state index contributed by atoms with van der Waals surface area (Å²) in [6, 6.07) is 4.91. The number of aromatic nitrogens is 2. The number of ketones is 1. The highest BCUT2D eigenvalue weighted by molar-refractivity contribution is 9.10. The van der Waals surface area contributed by atoms with Crippen molar-refractivity contribution in [2.24, 2.45) is 0 Å². The van der Waals surface area contributed by atoms with Crippen LogP contribution in [-0.4, -0.2) is 21.2 Å². The summed E-state index contributed by atoms with van der Waals surface area (Å²) in [7, 11) is 0. The maximum absolute atomic E-state index is 12.8. The molecule has 0 saturated heterocycles. The Morgan fingerprint density at radius 1 is 1.29 bits per heavy atom. The average Bonchev–Trinajstić information content (AvgIpc) is 2.99. The predicted octanol–water partition coefficient (Wildman–Crippen LogP) is 2.77. The SMILES string of the molecule is O=C1C(=O)N(Cc2nccn2C(F)F)c2cccc(Br)c21. The summed E-state index contributed by atoms with van der Waals surface area (Å²) in [6.07, 6.45) is 2.36. The number of rotatable bonds is 3. The Bertz CT molecular complexity index is 745. The Morgan fingerprint density at radius 3 is 2.76 bits per heavy atom. The van der Waals surface area contributed by atoms with E-state index in [1.807, 2.05) is 0 Å². The second-order valence-electron chi connectivity index (χ2n) is 4.38. The van der Waals surface area contributed by atoms with Crippen LogP contribution in [0.25, 0.3) is 0 Å². The molecule has 5 nitrogen and oxygen atoms in total. The fraction of sp³-hybridized carbons (Fsp3) is 0.154. The molecule has 0 radical (unpaired) electrons. The van der Waals surface area contributed by atoms with Gasteiger partial charge in [0.1, 0.15) is 5.82 Å². The molecular formula is C13H8BrF2N3O2. The third-order valence-electron chi connectivity index (χ3n) is 3.21. The third-order valence-corrected chi connectivity index (χ3v) is 3.87. The molecule has 0 bridgehead atoms. The molecule has 0 unspecified atom stereocenters. The summed E-state index contributed by atoms with van der Waals surface area (Å²) in [5.74, 6) is -1.40. The summed E-state index contributed by atoms with van der Waals surface area (Å²) in [4.78, 5) is 29.0. The van der Waals surface area contributed by atoms with Gasteiger partial charge in [-0.25, -0.2) is 4.98 Å². The monoisotopic (exact) mass is 355 g/mol. The van der Waals surface area contributed by atoms with Crippen LogP contribution in [0.5, 0.6) is 0 Å². The minimum absolute atomic E-state index is 0.0129. The van der Waals surface area contributed by atoms with E-state index in [2.05, 4.69) is 20.9 Å². The van der Waals surface area contributed by atoms with Crippen LogP contribution in [0.4, 0.5) is 14.5 Å². The van der Waals surface area contributed by atoms with Crippen molar-refractivity contribution in [2.75, 3.05) is 4.90 Å². The van der Waals surface area contributed by atoms with Crippen LogP contribution in [0.2, 0.25) is 0 Å². The van der Waals surface area contributed by atoms with Crippen molar-refractivity contribution in [3.8, 4) is 0 Å². The van der Waals surface area contributed by atoms with Crippen molar-refractivity contribution < 1.29 is 18.4 Å². The second-order valence-corrected chi connectivity index (χ2v) is 5.24. The van der Waals surface area contributed by atoms with Crippen molar-refractivity contribution in [3.05, 3.63) is 46.5 Å². The van der Waals surface area contributed by atoms with Gasteiger partial charge in [-0.3, -0.25) is 19.1 Å². The summed E-state index contributed by atoms with van der Waals surface area (Å²) in [5, 5.41) is 0. The fourth-order valence-corrected chi connectivity index (χ4v) is 2.78. The zero-order chi connectivity index (χ0) is 15.1. The molecule has 1 aliphatic heterocycles. The van der Waals surface area contributed by atoms with Crippen molar-refractivity contribution in [1.82, 2.24) is 9.55 Å². The van der Waals surface area contributed by atoms with Gasteiger partial charge in [0, 0.05) is 16.9 Å². The Balaban J connectivity index is 2.01. The topological polar surface area (TPSA) is 55.2 Å². The summed E-state index contributed by atoms with van der Waals surface area (Å²) < 4.78 is 26.8. The molecule has 8 heteroatoms. The summed E-state index contributed by atoms with van der Waals surface area (Å²) in [6.45, 7) is -2.94. The van der Waals surface area contributed by atoms with E-state index in [4.69, 9.17) is 0 Å². The molecule has 3 rings (SSSR count). The van der Waals surface area contributed by atoms with E-state index in [9.17, 15) is 18.4 Å². The normalized spacial score (nSPS) is 14.2. The third kappa shape index (κ3) is 2.15. The van der Waals surface area contributed by atoms with Gasteiger partial charge in [0.05, 0.1) is 17.8 Å². The van der Waals surface area contributed by atoms with E-state index >= 15 is 0 Å². The van der Waals surface area contributed by atoms with E-state index in [1.54, 1.807) is 18.2 Å². The highest BCUT2D eigenvalue weighted by Gasteiger charge is 2.38. The number of fused-ring (bicyclic) bond motifs is 1. The molecule has 2 heterocycles. The van der Waals surface area contributed by atoms with Gasteiger partial charge in [0.25, 0.3) is 11.7 Å². The minimum atomic E-state index is -2.75. The van der Waals surface area contributed by atoms with Crippen molar-refractivity contribution >= 4 is 33.3 Å². The molecule has 1 aliphatic rings. The first-order valence-electron chi connectivity index (χ1n) is 5.95. The lowest BCUT2D eigenvalue weighted by atomic mass is 10.1. The van der Waals surface area contributed by atoms with Crippen LogP contribution >= 0.6 is 15.9 Å². The lowest BCUT2D eigenvalue weighted by Crippen LogP contribution is -2.30. The molecule has 0 atom stereocenters. The largest absolute Gasteiger partial charge is 0.319 e. The van der Waals surface area contributed by atoms with Crippen LogP contribution in [0, 0.1) is 0 Å². The van der Waals surface area contributed by atoms with Gasteiger partial charge in [0.15, 0.2) is 0 Å². The van der Waals surface area contributed by atoms with E-state index in [-0.39, 0.29) is 17.9 Å². The average molecular weight is 356 g/mol. The van der Waals surface area contributed by atoms with Gasteiger partial charge in [-0.05, 0) is 28.1 Å². The van der Waals surface area contributed by atoms with Crippen molar-refractivity contribution in [3.63, 3.8) is 0 Å². The first-order chi connectivity index (χ1) is 10.0. The lowest BCUT2D eigenvalue weighted by Gasteiger charge is -2.17. The van der Waals surface area contributed by atoms with Gasteiger partial charge in [-0.1, -0.05) is 6.07 Å².